The van der Waals surface area contributed by atoms with Crippen LogP contribution in [0.25, 0.3) is 0 Å². The molecule has 2 atom stereocenters. The summed E-state index contributed by atoms with van der Waals surface area (Å²) in [5.41, 5.74) is -2.42. The highest BCUT2D eigenvalue weighted by Gasteiger charge is 2.39. The molecule has 1 fully saturated rings. The highest BCUT2D eigenvalue weighted by atomic mass is 19.4. The van der Waals surface area contributed by atoms with E-state index >= 15 is 0 Å². The van der Waals surface area contributed by atoms with Crippen molar-refractivity contribution in [3.05, 3.63) is 86.3 Å². The second-order valence-corrected chi connectivity index (χ2v) is 9.97. The van der Waals surface area contributed by atoms with E-state index in [0.29, 0.717) is 48.6 Å². The van der Waals surface area contributed by atoms with Crippen molar-refractivity contribution in [1.82, 2.24) is 25.0 Å². The number of halogens is 7. The molecule has 0 radical (unpaired) electrons. The van der Waals surface area contributed by atoms with Gasteiger partial charge in [-0.05, 0) is 66.9 Å². The fourth-order valence-electron chi connectivity index (χ4n) is 5.17. The van der Waals surface area contributed by atoms with Gasteiger partial charge in [0.2, 0.25) is 5.91 Å². The predicted molar refractivity (Wildman–Crippen MR) is 129 cm³/mol. The molecule has 3 aromatic rings. The van der Waals surface area contributed by atoms with Crippen molar-refractivity contribution in [3.63, 3.8) is 0 Å². The van der Waals surface area contributed by atoms with Gasteiger partial charge in [-0.3, -0.25) is 14.7 Å². The third kappa shape index (κ3) is 6.72. The number of H-pyrrole nitrogens is 2. The Kier molecular flexibility index (Phi) is 8.11. The van der Waals surface area contributed by atoms with E-state index in [2.05, 4.69) is 15.2 Å². The van der Waals surface area contributed by atoms with Gasteiger partial charge in [0, 0.05) is 32.0 Å². The number of likely N-dealkylation sites (tertiary alicyclic amines) is 1. The molecule has 2 heterocycles. The molecule has 0 saturated carbocycles. The molecule has 1 aliphatic heterocycles. The van der Waals surface area contributed by atoms with Gasteiger partial charge in [0.1, 0.15) is 11.6 Å². The van der Waals surface area contributed by atoms with Gasteiger partial charge >= 0.3 is 18.0 Å². The zero-order valence-corrected chi connectivity index (χ0v) is 21.5. The number of hydrogen-bond acceptors (Lipinski definition) is 4. The topological polar surface area (TPSA) is 85.1 Å². The first kappa shape index (κ1) is 29.3. The van der Waals surface area contributed by atoms with Crippen LogP contribution in [0.4, 0.5) is 30.7 Å². The minimum absolute atomic E-state index is 0.0426. The fourth-order valence-corrected chi connectivity index (χ4v) is 5.17. The summed E-state index contributed by atoms with van der Waals surface area (Å²) in [6.45, 7) is 2.19. The van der Waals surface area contributed by atoms with Crippen LogP contribution in [-0.4, -0.2) is 51.0 Å². The minimum Gasteiger partial charge on any atom is -0.341 e. The quantitative estimate of drug-likeness (QED) is 0.413. The first-order valence-corrected chi connectivity index (χ1v) is 12.3. The SMILES string of the molecule is Cc1cc(F)ccc1[C@@H]1CN(Cc2n[nH]c(=O)[nH]2)CC[C@H]1C(=O)N(C)Cc1cc(C(F)(F)F)cc(C(F)(F)F)c1. The molecule has 1 amide bonds. The average molecular weight is 574 g/mol. The molecule has 2 aromatic carbocycles. The molecule has 0 spiro atoms. The lowest BCUT2D eigenvalue weighted by Gasteiger charge is -2.39. The fraction of sp³-hybridized carbons (Fsp3) is 0.423. The Morgan fingerprint density at radius 2 is 1.73 bits per heavy atom. The molecule has 7 nitrogen and oxygen atoms in total. The zero-order chi connectivity index (χ0) is 29.4. The summed E-state index contributed by atoms with van der Waals surface area (Å²) in [6, 6.07) is 5.41. The number of carbonyl (C=O) groups excluding carboxylic acids is 1. The number of nitrogens with one attached hydrogen (secondary N) is 2. The van der Waals surface area contributed by atoms with Crippen molar-refractivity contribution >= 4 is 5.91 Å². The molecule has 1 aliphatic rings. The van der Waals surface area contributed by atoms with Crippen LogP contribution >= 0.6 is 0 Å². The number of alkyl halides is 6. The summed E-state index contributed by atoms with van der Waals surface area (Å²) >= 11 is 0. The van der Waals surface area contributed by atoms with Gasteiger partial charge in [0.15, 0.2) is 0 Å². The molecule has 1 aromatic heterocycles. The summed E-state index contributed by atoms with van der Waals surface area (Å²) in [5, 5.41) is 6.17. The van der Waals surface area contributed by atoms with Crippen LogP contribution < -0.4 is 5.69 Å². The van der Waals surface area contributed by atoms with Gasteiger partial charge in [-0.1, -0.05) is 6.07 Å². The maximum atomic E-state index is 13.8. The van der Waals surface area contributed by atoms with Crippen LogP contribution in [-0.2, 0) is 30.2 Å². The summed E-state index contributed by atoms with van der Waals surface area (Å²) in [6.07, 6.45) is -9.71. The van der Waals surface area contributed by atoms with Crippen molar-refractivity contribution in [3.8, 4) is 0 Å². The second-order valence-electron chi connectivity index (χ2n) is 9.97. The van der Waals surface area contributed by atoms with Gasteiger partial charge in [-0.2, -0.15) is 31.4 Å². The lowest BCUT2D eigenvalue weighted by molar-refractivity contribution is -0.143. The Labute approximate surface area is 224 Å². The number of aromatic nitrogens is 3. The molecule has 40 heavy (non-hydrogen) atoms. The molecule has 0 unspecified atom stereocenters. The largest absolute Gasteiger partial charge is 0.416 e. The molecule has 1 saturated heterocycles. The standard InChI is InChI=1S/C26H26F7N5O2/c1-14-7-18(27)3-4-19(14)21-12-38(13-22-34-24(40)36-35-22)6-5-20(21)23(39)37(2)11-15-8-16(25(28,29)30)10-17(9-15)26(31,32)33/h3-4,7-10,20-21H,5-6,11-13H2,1-2H3,(H2,34,35,36,40)/t20-,21+/m1/s1. The zero-order valence-electron chi connectivity index (χ0n) is 21.5. The van der Waals surface area contributed by atoms with E-state index in [1.165, 1.54) is 19.2 Å². The van der Waals surface area contributed by atoms with Crippen LogP contribution in [0, 0.1) is 18.7 Å². The van der Waals surface area contributed by atoms with E-state index in [9.17, 15) is 40.3 Å². The van der Waals surface area contributed by atoms with Gasteiger partial charge in [-0.15, -0.1) is 0 Å². The van der Waals surface area contributed by atoms with Crippen LogP contribution in [0.1, 0.15) is 46.0 Å². The summed E-state index contributed by atoms with van der Waals surface area (Å²) in [4.78, 5) is 30.7. The number of carbonyl (C=O) groups is 1. The summed E-state index contributed by atoms with van der Waals surface area (Å²) < 4.78 is 93.8. The highest BCUT2D eigenvalue weighted by Crippen LogP contribution is 2.38. The van der Waals surface area contributed by atoms with Gasteiger partial charge in [0.05, 0.1) is 17.7 Å². The average Bonchev–Trinajstić information content (AvgIpc) is 3.26. The Balaban J connectivity index is 1.60. The van der Waals surface area contributed by atoms with Crippen LogP contribution in [0.5, 0.6) is 0 Å². The summed E-state index contributed by atoms with van der Waals surface area (Å²) in [5.74, 6) is -1.70. The number of piperidine rings is 1. The van der Waals surface area contributed by atoms with Gasteiger partial charge in [-0.25, -0.2) is 14.3 Å². The summed E-state index contributed by atoms with van der Waals surface area (Å²) in [7, 11) is 1.32. The number of benzene rings is 2. The lowest BCUT2D eigenvalue weighted by atomic mass is 9.78. The van der Waals surface area contributed by atoms with E-state index in [4.69, 9.17) is 0 Å². The smallest absolute Gasteiger partial charge is 0.341 e. The number of aromatic amines is 2. The molecular formula is C26H26F7N5O2. The molecule has 14 heteroatoms. The van der Waals surface area contributed by atoms with E-state index < -0.39 is 59.3 Å². The Morgan fingerprint density at radius 1 is 1.07 bits per heavy atom. The normalized spacial score (nSPS) is 18.6. The number of nitrogens with zero attached hydrogens (tertiary/aromatic N) is 3. The van der Waals surface area contributed by atoms with Crippen molar-refractivity contribution in [2.45, 2.75) is 44.7 Å². The molecule has 0 aliphatic carbocycles. The second kappa shape index (κ2) is 11.1. The van der Waals surface area contributed by atoms with Gasteiger partial charge in [0.25, 0.3) is 0 Å². The van der Waals surface area contributed by atoms with Crippen molar-refractivity contribution in [2.24, 2.45) is 5.92 Å². The van der Waals surface area contributed by atoms with E-state index in [0.717, 1.165) is 4.90 Å². The van der Waals surface area contributed by atoms with Gasteiger partial charge < -0.3 is 4.90 Å². The predicted octanol–water partition coefficient (Wildman–Crippen LogP) is 4.85. The number of hydrogen-bond donors (Lipinski definition) is 2. The van der Waals surface area contributed by atoms with Crippen LogP contribution in [0.15, 0.2) is 41.2 Å². The number of amides is 1. The van der Waals surface area contributed by atoms with Crippen molar-refractivity contribution < 1.29 is 35.5 Å². The number of aryl methyl sites for hydroxylation is 1. The maximum absolute atomic E-state index is 13.8. The van der Waals surface area contributed by atoms with Crippen LogP contribution in [0.3, 0.4) is 0 Å². The lowest BCUT2D eigenvalue weighted by Crippen LogP contribution is -2.45. The van der Waals surface area contributed by atoms with E-state index in [1.807, 2.05) is 4.90 Å². The Bertz CT molecular complexity index is 1400. The number of rotatable bonds is 6. The first-order chi connectivity index (χ1) is 18.6. The third-order valence-corrected chi connectivity index (χ3v) is 7.01. The Hall–Kier alpha value is -3.68. The first-order valence-electron chi connectivity index (χ1n) is 12.3. The molecule has 0 bridgehead atoms. The van der Waals surface area contributed by atoms with E-state index in [1.54, 1.807) is 13.0 Å². The van der Waals surface area contributed by atoms with Crippen LogP contribution in [0.2, 0.25) is 0 Å². The molecule has 4 rings (SSSR count). The third-order valence-electron chi connectivity index (χ3n) is 7.01. The van der Waals surface area contributed by atoms with Crippen molar-refractivity contribution in [2.75, 3.05) is 20.1 Å². The molecular weight excluding hydrogens is 547 g/mol. The molecule has 2 N–H and O–H groups in total. The Morgan fingerprint density at radius 3 is 2.27 bits per heavy atom. The van der Waals surface area contributed by atoms with Crippen molar-refractivity contribution in [1.29, 1.82) is 0 Å². The van der Waals surface area contributed by atoms with E-state index in [-0.39, 0.29) is 18.2 Å². The minimum atomic E-state index is -5.00. The molecule has 216 valence electrons. The monoisotopic (exact) mass is 573 g/mol. The highest BCUT2D eigenvalue weighted by molar-refractivity contribution is 5.80. The maximum Gasteiger partial charge on any atom is 0.416 e.